The first kappa shape index (κ1) is 31.7. The van der Waals surface area contributed by atoms with Crippen LogP contribution in [0.4, 0.5) is 0 Å². The number of rotatable bonds is 7. The molecule has 0 amide bonds. The van der Waals surface area contributed by atoms with Crippen LogP contribution in [0.3, 0.4) is 0 Å². The number of hydrogen-bond donors (Lipinski definition) is 11. The van der Waals surface area contributed by atoms with Gasteiger partial charge in [0.15, 0.2) is 23.5 Å². The summed E-state index contributed by atoms with van der Waals surface area (Å²) in [7, 11) is 0. The van der Waals surface area contributed by atoms with E-state index in [2.05, 4.69) is 0 Å². The van der Waals surface area contributed by atoms with Crippen LogP contribution in [0.25, 0.3) is 22.3 Å². The fourth-order valence-electron chi connectivity index (χ4n) is 5.00. The van der Waals surface area contributed by atoms with Crippen molar-refractivity contribution >= 4 is 11.0 Å². The minimum atomic E-state index is -2.04. The molecule has 1 aromatic heterocycles. The van der Waals surface area contributed by atoms with Crippen LogP contribution in [-0.2, 0) is 14.2 Å². The molecule has 0 radical (unpaired) electrons. The van der Waals surface area contributed by atoms with Gasteiger partial charge in [0, 0.05) is 17.7 Å². The van der Waals surface area contributed by atoms with Crippen molar-refractivity contribution in [3.05, 3.63) is 40.6 Å². The molecule has 0 bridgehead atoms. The Kier molecular flexibility index (Phi) is 8.87. The minimum absolute atomic E-state index is 0.0504. The average molecular weight is 627 g/mol. The van der Waals surface area contributed by atoms with Crippen molar-refractivity contribution in [2.45, 2.75) is 61.4 Å². The Labute approximate surface area is 246 Å². The highest BCUT2D eigenvalue weighted by atomic mass is 16.7. The Bertz CT molecular complexity index is 1550. The van der Waals surface area contributed by atoms with Gasteiger partial charge >= 0.3 is 0 Å². The van der Waals surface area contributed by atoms with E-state index < -0.39 is 120 Å². The van der Waals surface area contributed by atoms with Gasteiger partial charge in [0.05, 0.1) is 13.2 Å². The molecule has 10 atom stereocenters. The lowest BCUT2D eigenvalue weighted by Gasteiger charge is -2.45. The number of aliphatic hydroxyl groups excluding tert-OH is 7. The lowest BCUT2D eigenvalue weighted by atomic mass is 9.97. The molecule has 0 unspecified atom stereocenters. The van der Waals surface area contributed by atoms with E-state index in [0.717, 1.165) is 24.3 Å². The fraction of sp³-hybridized carbons (Fsp3) is 0.444. The SMILES string of the molecule is O=c1c(O[C@@H]2O[C@H](CO)[C@@H](O[C@H]3O[C@H](CO)[C@@H](O)[C@H](O)[C@H]3O)[C@H](O)[C@H]2O)c(-c2ccc(O)c(O)c2)oc2cc(O)cc(O)c12. The van der Waals surface area contributed by atoms with Gasteiger partial charge in [0.25, 0.3) is 0 Å². The monoisotopic (exact) mass is 626 g/mol. The maximum Gasteiger partial charge on any atom is 0.239 e. The number of aliphatic hydroxyl groups is 7. The topological polar surface area (TPSA) is 290 Å². The molecule has 2 aliphatic heterocycles. The van der Waals surface area contributed by atoms with Crippen molar-refractivity contribution < 1.29 is 79.5 Å². The number of benzene rings is 2. The molecule has 2 fully saturated rings. The van der Waals surface area contributed by atoms with Gasteiger partial charge in [-0.3, -0.25) is 4.79 Å². The molecule has 0 aliphatic carbocycles. The van der Waals surface area contributed by atoms with Gasteiger partial charge in [-0.1, -0.05) is 0 Å². The number of phenolic OH excluding ortho intramolecular Hbond substituents is 4. The molecular weight excluding hydrogens is 596 g/mol. The molecule has 17 nitrogen and oxygen atoms in total. The second kappa shape index (κ2) is 12.3. The summed E-state index contributed by atoms with van der Waals surface area (Å²) in [6.07, 6.45) is -17.7. The maximum atomic E-state index is 13.6. The average Bonchev–Trinajstić information content (AvgIpc) is 2.98. The molecule has 0 saturated carbocycles. The van der Waals surface area contributed by atoms with Crippen molar-refractivity contribution in [2.24, 2.45) is 0 Å². The number of ether oxygens (including phenoxy) is 4. The lowest BCUT2D eigenvalue weighted by Crippen LogP contribution is -2.65. The van der Waals surface area contributed by atoms with Crippen LogP contribution in [0.15, 0.2) is 39.5 Å². The van der Waals surface area contributed by atoms with Crippen molar-refractivity contribution in [1.29, 1.82) is 0 Å². The molecule has 2 aromatic carbocycles. The van der Waals surface area contributed by atoms with Gasteiger partial charge in [-0.15, -0.1) is 0 Å². The lowest BCUT2D eigenvalue weighted by molar-refractivity contribution is -0.352. The van der Waals surface area contributed by atoms with Gasteiger partial charge in [-0.05, 0) is 18.2 Å². The highest BCUT2D eigenvalue weighted by Crippen LogP contribution is 2.39. The molecule has 44 heavy (non-hydrogen) atoms. The first-order valence-corrected chi connectivity index (χ1v) is 13.2. The molecule has 5 rings (SSSR count). The predicted molar refractivity (Wildman–Crippen MR) is 142 cm³/mol. The largest absolute Gasteiger partial charge is 0.508 e. The zero-order valence-corrected chi connectivity index (χ0v) is 22.4. The number of hydrogen-bond acceptors (Lipinski definition) is 17. The Morgan fingerprint density at radius 1 is 0.705 bits per heavy atom. The Hall–Kier alpha value is -3.75. The molecule has 0 spiro atoms. The van der Waals surface area contributed by atoms with E-state index in [4.69, 9.17) is 23.4 Å². The summed E-state index contributed by atoms with van der Waals surface area (Å²) in [5, 5.41) is 111. The second-order valence-corrected chi connectivity index (χ2v) is 10.3. The first-order valence-electron chi connectivity index (χ1n) is 13.2. The third-order valence-electron chi connectivity index (χ3n) is 7.35. The highest BCUT2D eigenvalue weighted by molar-refractivity contribution is 5.88. The minimum Gasteiger partial charge on any atom is -0.508 e. The van der Waals surface area contributed by atoms with Gasteiger partial charge in [0.2, 0.25) is 17.5 Å². The summed E-state index contributed by atoms with van der Waals surface area (Å²) in [5.41, 5.74) is -1.41. The number of phenols is 4. The third kappa shape index (κ3) is 5.61. The Morgan fingerprint density at radius 2 is 1.36 bits per heavy atom. The Morgan fingerprint density at radius 3 is 2.02 bits per heavy atom. The molecule has 2 aliphatic rings. The highest BCUT2D eigenvalue weighted by Gasteiger charge is 2.51. The van der Waals surface area contributed by atoms with E-state index in [1.54, 1.807) is 0 Å². The second-order valence-electron chi connectivity index (χ2n) is 10.3. The summed E-state index contributed by atoms with van der Waals surface area (Å²) in [5.74, 6) is -3.44. The van der Waals surface area contributed by atoms with Crippen molar-refractivity contribution in [1.82, 2.24) is 0 Å². The molecule has 17 heteroatoms. The third-order valence-corrected chi connectivity index (χ3v) is 7.35. The van der Waals surface area contributed by atoms with Crippen LogP contribution in [0.5, 0.6) is 28.7 Å². The fourth-order valence-corrected chi connectivity index (χ4v) is 5.00. The zero-order valence-electron chi connectivity index (χ0n) is 22.4. The van der Waals surface area contributed by atoms with Gasteiger partial charge < -0.3 is 79.5 Å². The normalized spacial score (nSPS) is 32.5. The summed E-state index contributed by atoms with van der Waals surface area (Å²) < 4.78 is 27.8. The molecule has 3 heterocycles. The van der Waals surface area contributed by atoms with Gasteiger partial charge in [-0.2, -0.15) is 0 Å². The van der Waals surface area contributed by atoms with E-state index in [1.165, 1.54) is 6.07 Å². The van der Waals surface area contributed by atoms with Gasteiger partial charge in [0.1, 0.15) is 71.3 Å². The first-order chi connectivity index (χ1) is 20.9. The Balaban J connectivity index is 1.49. The molecule has 2 saturated heterocycles. The van der Waals surface area contributed by atoms with Crippen LogP contribution in [-0.4, -0.2) is 131 Å². The predicted octanol–water partition coefficient (Wildman–Crippen LogP) is -2.71. The number of aromatic hydroxyl groups is 4. The maximum absolute atomic E-state index is 13.6. The van der Waals surface area contributed by atoms with Crippen LogP contribution >= 0.6 is 0 Å². The van der Waals surface area contributed by atoms with Crippen LogP contribution in [0.2, 0.25) is 0 Å². The summed E-state index contributed by atoms with van der Waals surface area (Å²) >= 11 is 0. The standard InChI is InChI=1S/C27H30O17/c28-6-14-17(34)19(36)21(38)26(41-14)43-24-15(7-29)42-27(22(39)20(24)37)44-25-18(35)16-12(33)4-9(30)5-13(16)40-23(25)8-1-2-10(31)11(32)3-8/h1-5,14-15,17,19-22,24,26-34,36-39H,6-7H2/t14-,15-,17-,19+,20-,21-,22-,24-,26-,27+/m1/s1. The van der Waals surface area contributed by atoms with Crippen LogP contribution in [0, 0.1) is 0 Å². The summed E-state index contributed by atoms with van der Waals surface area (Å²) in [6.45, 7) is -1.67. The smallest absolute Gasteiger partial charge is 0.239 e. The molecular formula is C27H30O17. The van der Waals surface area contributed by atoms with Crippen molar-refractivity contribution in [2.75, 3.05) is 13.2 Å². The molecule has 3 aromatic rings. The van der Waals surface area contributed by atoms with Crippen molar-refractivity contribution in [3.8, 4) is 40.1 Å². The zero-order chi connectivity index (χ0) is 32.0. The molecule has 240 valence electrons. The van der Waals surface area contributed by atoms with Crippen molar-refractivity contribution in [3.63, 3.8) is 0 Å². The summed E-state index contributed by atoms with van der Waals surface area (Å²) in [4.78, 5) is 13.6. The van der Waals surface area contributed by atoms with E-state index in [1.807, 2.05) is 0 Å². The van der Waals surface area contributed by atoms with E-state index in [-0.39, 0.29) is 11.1 Å². The summed E-state index contributed by atoms with van der Waals surface area (Å²) in [6, 6.07) is 5.17. The van der Waals surface area contributed by atoms with E-state index in [0.29, 0.717) is 0 Å². The number of fused-ring (bicyclic) bond motifs is 1. The quantitative estimate of drug-likeness (QED) is 0.119. The van der Waals surface area contributed by atoms with Crippen LogP contribution in [0.1, 0.15) is 0 Å². The van der Waals surface area contributed by atoms with Gasteiger partial charge in [-0.25, -0.2) is 0 Å². The van der Waals surface area contributed by atoms with E-state index >= 15 is 0 Å². The van der Waals surface area contributed by atoms with Crippen LogP contribution < -0.4 is 10.2 Å². The molecule has 11 N–H and O–H groups in total. The van der Waals surface area contributed by atoms with E-state index in [9.17, 15) is 61.0 Å².